The van der Waals surface area contributed by atoms with Crippen molar-refractivity contribution in [3.8, 4) is 11.4 Å². The van der Waals surface area contributed by atoms with Crippen molar-refractivity contribution in [3.63, 3.8) is 0 Å². The summed E-state index contributed by atoms with van der Waals surface area (Å²) in [5, 5.41) is 17.7. The average molecular weight is 668 g/mol. The van der Waals surface area contributed by atoms with Crippen LogP contribution in [0.3, 0.4) is 0 Å². The Labute approximate surface area is 277 Å². The van der Waals surface area contributed by atoms with Crippen LogP contribution in [0, 0.1) is 5.92 Å². The van der Waals surface area contributed by atoms with Crippen molar-refractivity contribution in [1.82, 2.24) is 35.3 Å². The number of carbonyl (C=O) groups excluding carboxylic acids is 4. The summed E-state index contributed by atoms with van der Waals surface area (Å²) in [5.74, 6) is 0.307. The second-order valence-corrected chi connectivity index (χ2v) is 11.9. The summed E-state index contributed by atoms with van der Waals surface area (Å²) in [5.41, 5.74) is 1.23. The number of fused-ring (bicyclic) bond motifs is 1. The van der Waals surface area contributed by atoms with E-state index in [1.165, 1.54) is 25.4 Å². The van der Waals surface area contributed by atoms with Crippen LogP contribution in [0.5, 0.6) is 0 Å². The zero-order valence-corrected chi connectivity index (χ0v) is 27.7. The van der Waals surface area contributed by atoms with Gasteiger partial charge >= 0.3 is 5.97 Å². The predicted octanol–water partition coefficient (Wildman–Crippen LogP) is 2.81. The molecule has 1 aromatic carbocycles. The molecule has 1 aliphatic rings. The number of carbonyl (C=O) groups is 5. The van der Waals surface area contributed by atoms with Gasteiger partial charge in [-0.2, -0.15) is 16.9 Å². The lowest BCUT2D eigenvalue weighted by Crippen LogP contribution is -2.49. The first-order chi connectivity index (χ1) is 22.6. The second kappa shape index (κ2) is 18.4. The lowest BCUT2D eigenvalue weighted by Gasteiger charge is -2.27. The number of benzene rings is 1. The van der Waals surface area contributed by atoms with Gasteiger partial charge in [-0.05, 0) is 42.9 Å². The van der Waals surface area contributed by atoms with Crippen LogP contribution in [0.15, 0.2) is 48.7 Å². The van der Waals surface area contributed by atoms with Crippen molar-refractivity contribution in [2.75, 3.05) is 32.2 Å². The van der Waals surface area contributed by atoms with Crippen molar-refractivity contribution >= 4 is 41.9 Å². The van der Waals surface area contributed by atoms with E-state index >= 15 is 0 Å². The van der Waals surface area contributed by atoms with Gasteiger partial charge in [-0.3, -0.25) is 24.2 Å². The Morgan fingerprint density at radius 1 is 1.11 bits per heavy atom. The normalized spacial score (nSPS) is 17.3. The minimum atomic E-state index is -0.709. The topological polar surface area (TPSA) is 186 Å². The maximum Gasteiger partial charge on any atom is 0.339 e. The first-order valence-electron chi connectivity index (χ1n) is 15.1. The average Bonchev–Trinajstić information content (AvgIpc) is 3.50. The SMILES string of the molecule is COC(=O)c1ccc(C(=O)N2CCCC(=O)N[C@@H](CCSC)C(=O)NC(C(C)C)c3nc(-c4ccccc4)nn3CC2)nc1.O=CO. The molecule has 47 heavy (non-hydrogen) atoms. The predicted molar refractivity (Wildman–Crippen MR) is 176 cm³/mol. The van der Waals surface area contributed by atoms with Crippen LogP contribution in [-0.2, 0) is 25.7 Å². The standard InChI is InChI=1S/C31H39N7O5S.CH2O2/c1-20(2)26-28-35-27(21-9-6-5-7-10-21)36-38(28)17-16-37(30(41)24-13-12-22(19-32-24)31(42)43-3)15-8-11-25(39)33-23(14-18-44-4)29(40)34-26;2-1-3/h5-7,9-10,12-13,19-20,23,26H,8,11,14-18H2,1-4H3,(H,33,39)(H,34,40);1H,(H,2,3)/t23-,26?;/m0./s1. The van der Waals surface area contributed by atoms with Gasteiger partial charge in [0, 0.05) is 31.3 Å². The van der Waals surface area contributed by atoms with Gasteiger partial charge < -0.3 is 25.4 Å². The number of esters is 1. The number of thioether (sulfide) groups is 1. The quantitative estimate of drug-likeness (QED) is 0.249. The van der Waals surface area contributed by atoms with Crippen molar-refractivity contribution in [2.45, 2.75) is 51.7 Å². The summed E-state index contributed by atoms with van der Waals surface area (Å²) in [4.78, 5) is 71.0. The number of carboxylic acid groups (broad SMARTS) is 1. The first-order valence-corrected chi connectivity index (χ1v) is 16.5. The summed E-state index contributed by atoms with van der Waals surface area (Å²) in [6, 6.07) is 11.3. The van der Waals surface area contributed by atoms with E-state index in [1.807, 2.05) is 50.4 Å². The molecule has 0 aliphatic carbocycles. The van der Waals surface area contributed by atoms with Crippen LogP contribution in [0.2, 0.25) is 0 Å². The molecular weight excluding hydrogens is 626 g/mol. The lowest BCUT2D eigenvalue weighted by atomic mass is 10.0. The summed E-state index contributed by atoms with van der Waals surface area (Å²) in [6.45, 7) is 4.55. The van der Waals surface area contributed by atoms with Crippen molar-refractivity contribution in [2.24, 2.45) is 5.92 Å². The summed E-state index contributed by atoms with van der Waals surface area (Å²) in [7, 11) is 1.28. The van der Waals surface area contributed by atoms with Crippen molar-refractivity contribution in [1.29, 1.82) is 0 Å². The fourth-order valence-corrected chi connectivity index (χ4v) is 5.37. The Hall–Kier alpha value is -4.79. The van der Waals surface area contributed by atoms with E-state index in [9.17, 15) is 19.2 Å². The number of rotatable bonds is 7. The highest BCUT2D eigenvalue weighted by atomic mass is 32.2. The van der Waals surface area contributed by atoms with Crippen LogP contribution < -0.4 is 10.6 Å². The van der Waals surface area contributed by atoms with Crippen LogP contribution in [0.1, 0.15) is 65.8 Å². The molecule has 2 atom stereocenters. The zero-order chi connectivity index (χ0) is 34.3. The third-order valence-corrected chi connectivity index (χ3v) is 7.99. The number of hydrogen-bond donors (Lipinski definition) is 3. The van der Waals surface area contributed by atoms with E-state index in [-0.39, 0.29) is 60.9 Å². The lowest BCUT2D eigenvalue weighted by molar-refractivity contribution is -0.129. The molecule has 3 amide bonds. The Morgan fingerprint density at radius 3 is 2.45 bits per heavy atom. The molecule has 0 spiro atoms. The number of hydrogen-bond acceptors (Lipinski definition) is 10. The Morgan fingerprint density at radius 2 is 1.83 bits per heavy atom. The number of nitrogens with one attached hydrogen (secondary N) is 2. The van der Waals surface area contributed by atoms with Crippen molar-refractivity contribution in [3.05, 3.63) is 65.7 Å². The van der Waals surface area contributed by atoms with Gasteiger partial charge in [0.05, 0.1) is 25.3 Å². The molecule has 14 nitrogen and oxygen atoms in total. The Kier molecular flexibility index (Phi) is 14.3. The molecule has 15 heteroatoms. The van der Waals surface area contributed by atoms with Gasteiger partial charge in [0.2, 0.25) is 11.8 Å². The fraction of sp³-hybridized carbons (Fsp3) is 0.438. The second-order valence-electron chi connectivity index (χ2n) is 10.9. The number of pyridine rings is 1. The van der Waals surface area contributed by atoms with E-state index in [2.05, 4.69) is 15.6 Å². The van der Waals surface area contributed by atoms with E-state index in [4.69, 9.17) is 24.7 Å². The Bertz CT molecular complexity index is 1500. The minimum absolute atomic E-state index is 0.0504. The molecule has 3 heterocycles. The number of ether oxygens (including phenoxy) is 1. The fourth-order valence-electron chi connectivity index (χ4n) is 4.89. The third-order valence-electron chi connectivity index (χ3n) is 7.34. The van der Waals surface area contributed by atoms with Crippen LogP contribution in [-0.4, -0.2) is 98.2 Å². The maximum absolute atomic E-state index is 13.6. The summed E-state index contributed by atoms with van der Waals surface area (Å²) in [6.07, 6.45) is 4.26. The smallest absolute Gasteiger partial charge is 0.339 e. The van der Waals surface area contributed by atoms with E-state index in [0.29, 0.717) is 36.8 Å². The van der Waals surface area contributed by atoms with E-state index in [0.717, 1.165) is 5.56 Å². The molecule has 0 saturated heterocycles. The van der Waals surface area contributed by atoms with Gasteiger partial charge in [0.1, 0.15) is 11.7 Å². The molecule has 0 saturated carbocycles. The first kappa shape index (κ1) is 36.7. The van der Waals surface area contributed by atoms with E-state index < -0.39 is 18.1 Å². The monoisotopic (exact) mass is 667 g/mol. The molecule has 0 bridgehead atoms. The summed E-state index contributed by atoms with van der Waals surface area (Å²) >= 11 is 1.60. The maximum atomic E-state index is 13.6. The molecule has 1 aliphatic heterocycles. The van der Waals surface area contributed by atoms with Gasteiger partial charge in [-0.25, -0.2) is 14.5 Å². The van der Waals surface area contributed by atoms with Crippen LogP contribution in [0.4, 0.5) is 0 Å². The summed E-state index contributed by atoms with van der Waals surface area (Å²) < 4.78 is 6.49. The van der Waals surface area contributed by atoms with Gasteiger partial charge in [0.15, 0.2) is 11.6 Å². The number of nitrogens with zero attached hydrogens (tertiary/aromatic N) is 5. The molecule has 4 rings (SSSR count). The molecule has 3 N–H and O–H groups in total. The number of methoxy groups -OCH3 is 1. The molecule has 0 fully saturated rings. The Balaban J connectivity index is 0.00000192. The zero-order valence-electron chi connectivity index (χ0n) is 26.9. The van der Waals surface area contributed by atoms with Gasteiger partial charge in [-0.1, -0.05) is 44.2 Å². The van der Waals surface area contributed by atoms with Crippen LogP contribution in [0.25, 0.3) is 11.4 Å². The molecular formula is C32H41N7O7S. The molecule has 3 aromatic rings. The van der Waals surface area contributed by atoms with E-state index in [1.54, 1.807) is 21.3 Å². The van der Waals surface area contributed by atoms with Crippen LogP contribution >= 0.6 is 11.8 Å². The minimum Gasteiger partial charge on any atom is -0.483 e. The molecule has 252 valence electrons. The van der Waals surface area contributed by atoms with Gasteiger partial charge in [-0.15, -0.1) is 0 Å². The molecule has 2 aromatic heterocycles. The third kappa shape index (κ3) is 10.4. The number of amides is 3. The van der Waals surface area contributed by atoms with Crippen molar-refractivity contribution < 1.29 is 33.8 Å². The molecule has 1 unspecified atom stereocenters. The van der Waals surface area contributed by atoms with Gasteiger partial charge in [0.25, 0.3) is 12.4 Å². The number of aromatic nitrogens is 4. The molecule has 0 radical (unpaired) electrons. The largest absolute Gasteiger partial charge is 0.483 e. The highest BCUT2D eigenvalue weighted by molar-refractivity contribution is 7.98. The highest BCUT2D eigenvalue weighted by Gasteiger charge is 2.30. The highest BCUT2D eigenvalue weighted by Crippen LogP contribution is 2.25.